The fourth-order valence-electron chi connectivity index (χ4n) is 3.95. The number of rotatable bonds is 9. The molecule has 0 spiro atoms. The summed E-state index contributed by atoms with van der Waals surface area (Å²) in [6.07, 6.45) is 8.33. The summed E-state index contributed by atoms with van der Waals surface area (Å²) in [6.45, 7) is 5.39. The van der Waals surface area contributed by atoms with E-state index in [0.29, 0.717) is 6.54 Å². The molecule has 1 unspecified atom stereocenters. The van der Waals surface area contributed by atoms with Crippen molar-refractivity contribution in [1.82, 2.24) is 15.5 Å². The molecule has 1 heterocycles. The van der Waals surface area contributed by atoms with Gasteiger partial charge in [0.1, 0.15) is 11.8 Å². The summed E-state index contributed by atoms with van der Waals surface area (Å²) in [6, 6.07) is 15.1. The lowest BCUT2D eigenvalue weighted by molar-refractivity contribution is -0.126. The summed E-state index contributed by atoms with van der Waals surface area (Å²) >= 11 is 0. The first kappa shape index (κ1) is 24.5. The zero-order valence-electron chi connectivity index (χ0n) is 19.7. The summed E-state index contributed by atoms with van der Waals surface area (Å²) in [5.41, 5.74) is 3.21. The van der Waals surface area contributed by atoms with E-state index in [1.165, 1.54) is 37.3 Å². The molecule has 176 valence electrons. The van der Waals surface area contributed by atoms with E-state index in [0.717, 1.165) is 36.5 Å². The predicted octanol–water partition coefficient (Wildman–Crippen LogP) is 3.91. The minimum Gasteiger partial charge on any atom is -0.497 e. The number of nitrogens with one attached hydrogen (secondary N) is 2. The van der Waals surface area contributed by atoms with Crippen molar-refractivity contribution in [3.63, 3.8) is 0 Å². The quantitative estimate of drug-likeness (QED) is 0.570. The molecular weight excluding hydrogens is 414 g/mol. The van der Waals surface area contributed by atoms with Crippen molar-refractivity contribution in [2.45, 2.75) is 51.7 Å². The van der Waals surface area contributed by atoms with Crippen LogP contribution in [0.2, 0.25) is 0 Å². The van der Waals surface area contributed by atoms with Gasteiger partial charge in [-0.25, -0.2) is 0 Å². The lowest BCUT2D eigenvalue weighted by Gasteiger charge is -2.20. The molecule has 0 saturated carbocycles. The van der Waals surface area contributed by atoms with Gasteiger partial charge in [-0.15, -0.1) is 0 Å². The lowest BCUT2D eigenvalue weighted by Crippen LogP contribution is -2.44. The highest BCUT2D eigenvalue weighted by Gasteiger charge is 2.14. The topological polar surface area (TPSA) is 70.7 Å². The van der Waals surface area contributed by atoms with E-state index in [9.17, 15) is 9.59 Å². The van der Waals surface area contributed by atoms with Gasteiger partial charge < -0.3 is 15.4 Å². The SMILES string of the molecule is COc1ccc(/C=C/C(=O)NC(C)C(=O)NCc2cccc(CN3CCCCCC3)c2)cc1. The molecule has 0 aliphatic carbocycles. The molecule has 2 aromatic carbocycles. The van der Waals surface area contributed by atoms with Gasteiger partial charge in [-0.1, -0.05) is 49.2 Å². The van der Waals surface area contributed by atoms with Crippen molar-refractivity contribution < 1.29 is 14.3 Å². The van der Waals surface area contributed by atoms with Gasteiger partial charge in [0.25, 0.3) is 0 Å². The largest absolute Gasteiger partial charge is 0.497 e. The van der Waals surface area contributed by atoms with Crippen LogP contribution in [0.1, 0.15) is 49.3 Å². The maximum Gasteiger partial charge on any atom is 0.244 e. The normalized spacial score (nSPS) is 15.6. The molecule has 1 saturated heterocycles. The van der Waals surface area contributed by atoms with E-state index in [1.54, 1.807) is 20.1 Å². The Balaban J connectivity index is 1.44. The lowest BCUT2D eigenvalue weighted by atomic mass is 10.1. The van der Waals surface area contributed by atoms with Gasteiger partial charge in [-0.2, -0.15) is 0 Å². The standard InChI is InChI=1S/C27H35N3O3/c1-21(29-26(31)15-12-22-10-13-25(33-2)14-11-22)27(32)28-19-23-8-7-9-24(18-23)20-30-16-5-3-4-6-17-30/h7-15,18,21H,3-6,16-17,19-20H2,1-2H3,(H,28,32)(H,29,31)/b15-12+. The van der Waals surface area contributed by atoms with Crippen LogP contribution in [-0.2, 0) is 22.7 Å². The Bertz CT molecular complexity index is 932. The van der Waals surface area contributed by atoms with Crippen molar-refractivity contribution >= 4 is 17.9 Å². The van der Waals surface area contributed by atoms with Gasteiger partial charge in [-0.3, -0.25) is 14.5 Å². The van der Waals surface area contributed by atoms with Crippen molar-refractivity contribution in [2.75, 3.05) is 20.2 Å². The molecule has 6 nitrogen and oxygen atoms in total. The van der Waals surface area contributed by atoms with Crippen LogP contribution in [0.3, 0.4) is 0 Å². The van der Waals surface area contributed by atoms with Gasteiger partial charge >= 0.3 is 0 Å². The molecule has 1 aliphatic heterocycles. The van der Waals surface area contributed by atoms with E-state index < -0.39 is 6.04 Å². The van der Waals surface area contributed by atoms with E-state index in [4.69, 9.17) is 4.74 Å². The van der Waals surface area contributed by atoms with E-state index in [1.807, 2.05) is 36.4 Å². The average Bonchev–Trinajstić information content (AvgIpc) is 3.10. The molecule has 2 aromatic rings. The molecule has 0 radical (unpaired) electrons. The van der Waals surface area contributed by atoms with Crippen LogP contribution in [-0.4, -0.2) is 43.0 Å². The molecule has 3 rings (SSSR count). The number of methoxy groups -OCH3 is 1. The molecule has 0 bridgehead atoms. The van der Waals surface area contributed by atoms with Crippen molar-refractivity contribution in [3.8, 4) is 5.75 Å². The third kappa shape index (κ3) is 8.39. The van der Waals surface area contributed by atoms with Gasteiger partial charge in [0.2, 0.25) is 11.8 Å². The summed E-state index contributed by atoms with van der Waals surface area (Å²) in [5, 5.41) is 5.64. The Kier molecular flexibility index (Phi) is 9.51. The van der Waals surface area contributed by atoms with Crippen LogP contribution in [0.4, 0.5) is 0 Å². The number of carbonyl (C=O) groups is 2. The molecule has 2 amide bonds. The third-order valence-corrected chi connectivity index (χ3v) is 5.86. The number of hydrogen-bond acceptors (Lipinski definition) is 4. The van der Waals surface area contributed by atoms with E-state index in [2.05, 4.69) is 27.7 Å². The molecule has 2 N–H and O–H groups in total. The summed E-state index contributed by atoms with van der Waals surface area (Å²) in [7, 11) is 1.61. The smallest absolute Gasteiger partial charge is 0.244 e. The number of hydrogen-bond donors (Lipinski definition) is 2. The Morgan fingerprint density at radius 3 is 2.42 bits per heavy atom. The van der Waals surface area contributed by atoms with Crippen LogP contribution in [0.5, 0.6) is 5.75 Å². The maximum atomic E-state index is 12.5. The fourth-order valence-corrected chi connectivity index (χ4v) is 3.95. The minimum absolute atomic E-state index is 0.209. The second-order valence-corrected chi connectivity index (χ2v) is 8.56. The number of amides is 2. The minimum atomic E-state index is -0.627. The first-order chi connectivity index (χ1) is 16.0. The predicted molar refractivity (Wildman–Crippen MR) is 132 cm³/mol. The Labute approximate surface area is 197 Å². The van der Waals surface area contributed by atoms with E-state index in [-0.39, 0.29) is 11.8 Å². The van der Waals surface area contributed by atoms with Gasteiger partial charge in [0.05, 0.1) is 7.11 Å². The van der Waals surface area contributed by atoms with Gasteiger partial charge in [0.15, 0.2) is 0 Å². The Morgan fingerprint density at radius 1 is 1.03 bits per heavy atom. The molecule has 0 aromatic heterocycles. The number of ether oxygens (including phenoxy) is 1. The number of carbonyl (C=O) groups excluding carboxylic acids is 2. The van der Waals surface area contributed by atoms with Crippen LogP contribution in [0.25, 0.3) is 6.08 Å². The van der Waals surface area contributed by atoms with Gasteiger partial charge in [0, 0.05) is 19.2 Å². The second-order valence-electron chi connectivity index (χ2n) is 8.56. The summed E-state index contributed by atoms with van der Waals surface area (Å²) in [4.78, 5) is 27.2. The number of benzene rings is 2. The maximum absolute atomic E-state index is 12.5. The van der Waals surface area contributed by atoms with E-state index >= 15 is 0 Å². The highest BCUT2D eigenvalue weighted by molar-refractivity contribution is 5.95. The monoisotopic (exact) mass is 449 g/mol. The van der Waals surface area contributed by atoms with Crippen molar-refractivity contribution in [3.05, 3.63) is 71.3 Å². The first-order valence-electron chi connectivity index (χ1n) is 11.7. The molecule has 1 atom stereocenters. The highest BCUT2D eigenvalue weighted by atomic mass is 16.5. The van der Waals surface area contributed by atoms with Crippen molar-refractivity contribution in [1.29, 1.82) is 0 Å². The Hall–Kier alpha value is -3.12. The molecule has 1 fully saturated rings. The summed E-state index contributed by atoms with van der Waals surface area (Å²) in [5.74, 6) is 0.237. The van der Waals surface area contributed by atoms with Gasteiger partial charge in [-0.05, 0) is 67.8 Å². The second kappa shape index (κ2) is 12.8. The number of nitrogens with zero attached hydrogens (tertiary/aromatic N) is 1. The third-order valence-electron chi connectivity index (χ3n) is 5.86. The molecule has 1 aliphatic rings. The number of likely N-dealkylation sites (tertiary alicyclic amines) is 1. The first-order valence-corrected chi connectivity index (χ1v) is 11.7. The molecule has 6 heteroatoms. The summed E-state index contributed by atoms with van der Waals surface area (Å²) < 4.78 is 5.12. The van der Waals surface area contributed by atoms with Crippen LogP contribution in [0, 0.1) is 0 Å². The molecular formula is C27H35N3O3. The zero-order valence-corrected chi connectivity index (χ0v) is 19.7. The highest BCUT2D eigenvalue weighted by Crippen LogP contribution is 2.15. The van der Waals surface area contributed by atoms with Crippen LogP contribution in [0.15, 0.2) is 54.6 Å². The van der Waals surface area contributed by atoms with Crippen LogP contribution < -0.4 is 15.4 Å². The van der Waals surface area contributed by atoms with Crippen LogP contribution >= 0.6 is 0 Å². The zero-order chi connectivity index (χ0) is 23.5. The Morgan fingerprint density at radius 2 is 1.73 bits per heavy atom. The fraction of sp³-hybridized carbons (Fsp3) is 0.407. The van der Waals surface area contributed by atoms with Crippen molar-refractivity contribution in [2.24, 2.45) is 0 Å². The average molecular weight is 450 g/mol. The molecule has 33 heavy (non-hydrogen) atoms.